The molecule has 140 valence electrons. The minimum atomic E-state index is -3.53. The van der Waals surface area contributed by atoms with Gasteiger partial charge in [0.05, 0.1) is 4.90 Å². The van der Waals surface area contributed by atoms with Crippen LogP contribution < -0.4 is 5.32 Å². The number of nitrogens with zero attached hydrogens (tertiary/aromatic N) is 3. The standard InChI is InChI=1S/C18H23ClN4O2S/c1-13(2)17-9-10-20-18(22-17)21-15-4-3-11-23(12-15)26(24,25)16-7-5-14(19)6-8-16/h5-10,13,15H,3-4,11-12H2,1-2H3,(H,20,21,22)/t15-/m1/s1. The van der Waals surface area contributed by atoms with E-state index in [0.717, 1.165) is 18.5 Å². The van der Waals surface area contributed by atoms with Crippen molar-refractivity contribution in [1.82, 2.24) is 14.3 Å². The predicted octanol–water partition coefficient (Wildman–Crippen LogP) is 3.52. The van der Waals surface area contributed by atoms with Gasteiger partial charge in [0.25, 0.3) is 0 Å². The second-order valence-corrected chi connectivity index (χ2v) is 9.13. The first kappa shape index (κ1) is 19.1. The van der Waals surface area contributed by atoms with Crippen molar-refractivity contribution in [1.29, 1.82) is 0 Å². The molecule has 1 atom stereocenters. The van der Waals surface area contributed by atoms with Crippen LogP contribution in [0.25, 0.3) is 0 Å². The van der Waals surface area contributed by atoms with Gasteiger partial charge in [0.2, 0.25) is 16.0 Å². The van der Waals surface area contributed by atoms with Crippen LogP contribution in [0.1, 0.15) is 38.3 Å². The highest BCUT2D eigenvalue weighted by Gasteiger charge is 2.30. The lowest BCUT2D eigenvalue weighted by atomic mass is 10.1. The van der Waals surface area contributed by atoms with Gasteiger partial charge in [-0.15, -0.1) is 0 Å². The van der Waals surface area contributed by atoms with Gasteiger partial charge in [-0.1, -0.05) is 25.4 Å². The molecule has 1 aliphatic heterocycles. The van der Waals surface area contributed by atoms with E-state index in [0.29, 0.717) is 30.0 Å². The molecule has 0 spiro atoms. The van der Waals surface area contributed by atoms with E-state index in [-0.39, 0.29) is 10.9 Å². The van der Waals surface area contributed by atoms with Crippen molar-refractivity contribution in [3.05, 3.63) is 47.2 Å². The molecule has 0 amide bonds. The molecular formula is C18H23ClN4O2S. The largest absolute Gasteiger partial charge is 0.350 e. The monoisotopic (exact) mass is 394 g/mol. The molecule has 0 bridgehead atoms. The molecule has 1 aromatic heterocycles. The fourth-order valence-corrected chi connectivity index (χ4v) is 4.63. The summed E-state index contributed by atoms with van der Waals surface area (Å²) < 4.78 is 27.2. The molecule has 2 heterocycles. The summed E-state index contributed by atoms with van der Waals surface area (Å²) in [4.78, 5) is 9.05. The van der Waals surface area contributed by atoms with E-state index in [1.165, 1.54) is 4.31 Å². The Balaban J connectivity index is 1.73. The average molecular weight is 395 g/mol. The summed E-state index contributed by atoms with van der Waals surface area (Å²) in [7, 11) is -3.53. The number of benzene rings is 1. The van der Waals surface area contributed by atoms with Crippen molar-refractivity contribution in [2.24, 2.45) is 0 Å². The summed E-state index contributed by atoms with van der Waals surface area (Å²) in [6.07, 6.45) is 3.39. The quantitative estimate of drug-likeness (QED) is 0.839. The number of aromatic nitrogens is 2. The molecule has 26 heavy (non-hydrogen) atoms. The van der Waals surface area contributed by atoms with Crippen LogP contribution >= 0.6 is 11.6 Å². The SMILES string of the molecule is CC(C)c1ccnc(N[C@@H]2CCCN(S(=O)(=O)c3ccc(Cl)cc3)C2)n1. The van der Waals surface area contributed by atoms with E-state index in [4.69, 9.17) is 11.6 Å². The highest BCUT2D eigenvalue weighted by Crippen LogP contribution is 2.23. The molecule has 1 aliphatic rings. The fourth-order valence-electron chi connectivity index (χ4n) is 2.98. The van der Waals surface area contributed by atoms with Crippen molar-refractivity contribution in [3.63, 3.8) is 0 Å². The predicted molar refractivity (Wildman–Crippen MR) is 103 cm³/mol. The summed E-state index contributed by atoms with van der Waals surface area (Å²) in [6.45, 7) is 5.05. The minimum Gasteiger partial charge on any atom is -0.350 e. The van der Waals surface area contributed by atoms with Gasteiger partial charge in [-0.05, 0) is 49.1 Å². The lowest BCUT2D eigenvalue weighted by Crippen LogP contribution is -2.45. The molecule has 1 saturated heterocycles. The molecule has 1 aromatic carbocycles. The number of halogens is 1. The third-order valence-electron chi connectivity index (χ3n) is 4.44. The highest BCUT2D eigenvalue weighted by atomic mass is 35.5. The number of piperidine rings is 1. The Hall–Kier alpha value is -1.70. The topological polar surface area (TPSA) is 75.2 Å². The first-order chi connectivity index (χ1) is 12.4. The second-order valence-electron chi connectivity index (χ2n) is 6.76. The zero-order valence-electron chi connectivity index (χ0n) is 14.9. The normalized spacial score (nSPS) is 18.8. The third-order valence-corrected chi connectivity index (χ3v) is 6.57. The average Bonchev–Trinajstić information content (AvgIpc) is 2.62. The third kappa shape index (κ3) is 4.34. The summed E-state index contributed by atoms with van der Waals surface area (Å²) in [5.74, 6) is 0.860. The maximum Gasteiger partial charge on any atom is 0.243 e. The Labute approximate surface area is 159 Å². The summed E-state index contributed by atoms with van der Waals surface area (Å²) in [5, 5.41) is 3.81. The highest BCUT2D eigenvalue weighted by molar-refractivity contribution is 7.89. The Morgan fingerprint density at radius 3 is 2.65 bits per heavy atom. The van der Waals surface area contributed by atoms with E-state index < -0.39 is 10.0 Å². The zero-order valence-corrected chi connectivity index (χ0v) is 16.5. The second kappa shape index (κ2) is 7.90. The molecular weight excluding hydrogens is 372 g/mol. The van der Waals surface area contributed by atoms with Crippen molar-refractivity contribution < 1.29 is 8.42 Å². The molecule has 0 saturated carbocycles. The van der Waals surface area contributed by atoms with Crippen LogP contribution in [0, 0.1) is 0 Å². The van der Waals surface area contributed by atoms with Gasteiger partial charge in [-0.3, -0.25) is 0 Å². The Kier molecular flexibility index (Phi) is 5.79. The van der Waals surface area contributed by atoms with Crippen LogP contribution in [-0.4, -0.2) is 41.8 Å². The van der Waals surface area contributed by atoms with E-state index in [2.05, 4.69) is 29.1 Å². The van der Waals surface area contributed by atoms with Gasteiger partial charge in [0.15, 0.2) is 0 Å². The van der Waals surface area contributed by atoms with Gasteiger partial charge < -0.3 is 5.32 Å². The van der Waals surface area contributed by atoms with Crippen LogP contribution in [0.2, 0.25) is 5.02 Å². The van der Waals surface area contributed by atoms with E-state index in [9.17, 15) is 8.42 Å². The van der Waals surface area contributed by atoms with Crippen molar-refractivity contribution >= 4 is 27.6 Å². The Morgan fingerprint density at radius 1 is 1.23 bits per heavy atom. The number of rotatable bonds is 5. The number of hydrogen-bond acceptors (Lipinski definition) is 5. The smallest absolute Gasteiger partial charge is 0.243 e. The first-order valence-corrected chi connectivity index (χ1v) is 10.5. The van der Waals surface area contributed by atoms with Crippen LogP contribution in [-0.2, 0) is 10.0 Å². The molecule has 1 N–H and O–H groups in total. The summed E-state index contributed by atoms with van der Waals surface area (Å²) >= 11 is 5.86. The van der Waals surface area contributed by atoms with Gasteiger partial charge in [0.1, 0.15) is 0 Å². The molecule has 8 heteroatoms. The Bertz CT molecular complexity index is 856. The van der Waals surface area contributed by atoms with Crippen LogP contribution in [0.15, 0.2) is 41.4 Å². The molecule has 3 rings (SSSR count). The molecule has 1 fully saturated rings. The lowest BCUT2D eigenvalue weighted by Gasteiger charge is -2.32. The van der Waals surface area contributed by atoms with Gasteiger partial charge in [-0.2, -0.15) is 4.31 Å². The van der Waals surface area contributed by atoms with Gasteiger partial charge in [0, 0.05) is 36.0 Å². The lowest BCUT2D eigenvalue weighted by molar-refractivity contribution is 0.326. The van der Waals surface area contributed by atoms with Crippen molar-refractivity contribution in [3.8, 4) is 0 Å². The maximum atomic E-state index is 12.9. The van der Waals surface area contributed by atoms with Gasteiger partial charge >= 0.3 is 0 Å². The van der Waals surface area contributed by atoms with Crippen molar-refractivity contribution in [2.45, 2.75) is 43.5 Å². The number of nitrogens with one attached hydrogen (secondary N) is 1. The zero-order chi connectivity index (χ0) is 18.7. The van der Waals surface area contributed by atoms with Crippen molar-refractivity contribution in [2.75, 3.05) is 18.4 Å². The van der Waals surface area contributed by atoms with Crippen LogP contribution in [0.3, 0.4) is 0 Å². The molecule has 0 radical (unpaired) electrons. The number of anilines is 1. The van der Waals surface area contributed by atoms with Crippen LogP contribution in [0.4, 0.5) is 5.95 Å². The van der Waals surface area contributed by atoms with Gasteiger partial charge in [-0.25, -0.2) is 18.4 Å². The molecule has 2 aromatic rings. The summed E-state index contributed by atoms with van der Waals surface area (Å²) in [5.41, 5.74) is 0.962. The first-order valence-electron chi connectivity index (χ1n) is 8.71. The molecule has 0 unspecified atom stereocenters. The fraction of sp³-hybridized carbons (Fsp3) is 0.444. The minimum absolute atomic E-state index is 0.0202. The van der Waals surface area contributed by atoms with E-state index in [1.54, 1.807) is 30.5 Å². The molecule has 6 nitrogen and oxygen atoms in total. The number of hydrogen-bond donors (Lipinski definition) is 1. The number of sulfonamides is 1. The maximum absolute atomic E-state index is 12.9. The Morgan fingerprint density at radius 2 is 1.96 bits per heavy atom. The van der Waals surface area contributed by atoms with Crippen LogP contribution in [0.5, 0.6) is 0 Å². The summed E-state index contributed by atoms with van der Waals surface area (Å²) in [6, 6.07) is 8.16. The molecule has 0 aliphatic carbocycles. The van der Waals surface area contributed by atoms with E-state index in [1.807, 2.05) is 6.07 Å². The van der Waals surface area contributed by atoms with E-state index >= 15 is 0 Å².